The Hall–Kier alpha value is -2.01. The van der Waals surface area contributed by atoms with Gasteiger partial charge in [-0.2, -0.15) is 13.2 Å². The number of fused-ring (bicyclic) bond motifs is 1. The van der Waals surface area contributed by atoms with E-state index < -0.39 is 11.7 Å². The van der Waals surface area contributed by atoms with Gasteiger partial charge >= 0.3 is 6.18 Å². The second-order valence-electron chi connectivity index (χ2n) is 4.64. The van der Waals surface area contributed by atoms with Crippen LogP contribution in [0.5, 0.6) is 0 Å². The molecule has 0 spiro atoms. The van der Waals surface area contributed by atoms with E-state index in [9.17, 15) is 13.2 Å². The summed E-state index contributed by atoms with van der Waals surface area (Å²) in [5.41, 5.74) is 1.69. The average molecular weight is 342 g/mol. The van der Waals surface area contributed by atoms with Gasteiger partial charge in [-0.15, -0.1) is 0 Å². The zero-order valence-electron chi connectivity index (χ0n) is 12.8. The molecule has 0 fully saturated rings. The molecule has 0 aliphatic rings. The summed E-state index contributed by atoms with van der Waals surface area (Å²) in [5, 5.41) is 0.418. The Morgan fingerprint density at radius 2 is 1.61 bits per heavy atom. The standard InChI is InChI=1S/C15H9ClF3NO.C2H6/c1-8-2-7-11(16)13-12(8)20-14(21-13)9-3-5-10(6-4-9)15(17,18)19;1-2/h2-7H,1H3;1-2H3. The predicted molar refractivity (Wildman–Crippen MR) is 85.5 cm³/mol. The molecule has 0 saturated heterocycles. The van der Waals surface area contributed by atoms with Crippen LogP contribution < -0.4 is 0 Å². The van der Waals surface area contributed by atoms with Gasteiger partial charge in [-0.25, -0.2) is 4.98 Å². The molecule has 0 amide bonds. The van der Waals surface area contributed by atoms with Crippen molar-refractivity contribution in [2.24, 2.45) is 0 Å². The molecule has 0 aliphatic carbocycles. The molecular weight excluding hydrogens is 327 g/mol. The summed E-state index contributed by atoms with van der Waals surface area (Å²) in [6, 6.07) is 8.16. The summed E-state index contributed by atoms with van der Waals surface area (Å²) >= 11 is 6.03. The molecule has 1 heterocycles. The number of hydrogen-bond donors (Lipinski definition) is 0. The van der Waals surface area contributed by atoms with Gasteiger partial charge in [0.05, 0.1) is 10.6 Å². The number of halogens is 4. The van der Waals surface area contributed by atoms with Gasteiger partial charge in [0, 0.05) is 5.56 Å². The van der Waals surface area contributed by atoms with Crippen LogP contribution in [0.25, 0.3) is 22.6 Å². The first-order valence-electron chi connectivity index (χ1n) is 7.09. The first kappa shape index (κ1) is 17.3. The van der Waals surface area contributed by atoms with Crippen LogP contribution in [0.15, 0.2) is 40.8 Å². The highest BCUT2D eigenvalue weighted by Gasteiger charge is 2.30. The van der Waals surface area contributed by atoms with Crippen LogP contribution in [-0.4, -0.2) is 4.98 Å². The van der Waals surface area contributed by atoms with Crippen molar-refractivity contribution in [3.8, 4) is 11.5 Å². The molecule has 23 heavy (non-hydrogen) atoms. The van der Waals surface area contributed by atoms with Crippen molar-refractivity contribution in [3.63, 3.8) is 0 Å². The predicted octanol–water partition coefficient (Wildman–Crippen LogP) is 6.50. The summed E-state index contributed by atoms with van der Waals surface area (Å²) in [6.07, 6.45) is -4.36. The Balaban J connectivity index is 0.000000924. The second kappa shape index (κ2) is 6.62. The number of oxazole rings is 1. The van der Waals surface area contributed by atoms with E-state index in [1.54, 1.807) is 6.07 Å². The number of benzene rings is 2. The highest BCUT2D eigenvalue weighted by molar-refractivity contribution is 6.34. The molecule has 0 saturated carbocycles. The van der Waals surface area contributed by atoms with Gasteiger partial charge in [0.1, 0.15) is 5.52 Å². The molecule has 3 aromatic rings. The fourth-order valence-electron chi connectivity index (χ4n) is 2.03. The van der Waals surface area contributed by atoms with E-state index >= 15 is 0 Å². The van der Waals surface area contributed by atoms with Gasteiger partial charge in [0.25, 0.3) is 0 Å². The summed E-state index contributed by atoms with van der Waals surface area (Å²) < 4.78 is 43.2. The van der Waals surface area contributed by atoms with Crippen LogP contribution in [0.4, 0.5) is 13.2 Å². The van der Waals surface area contributed by atoms with Crippen molar-refractivity contribution in [1.29, 1.82) is 0 Å². The number of hydrogen-bond acceptors (Lipinski definition) is 2. The van der Waals surface area contributed by atoms with Crippen molar-refractivity contribution < 1.29 is 17.6 Å². The van der Waals surface area contributed by atoms with Gasteiger partial charge < -0.3 is 4.42 Å². The van der Waals surface area contributed by atoms with E-state index in [1.807, 2.05) is 26.8 Å². The van der Waals surface area contributed by atoms with E-state index in [1.165, 1.54) is 12.1 Å². The van der Waals surface area contributed by atoms with Crippen molar-refractivity contribution >= 4 is 22.7 Å². The fourth-order valence-corrected chi connectivity index (χ4v) is 2.22. The van der Waals surface area contributed by atoms with Crippen LogP contribution in [0.1, 0.15) is 25.0 Å². The average Bonchev–Trinajstić information content (AvgIpc) is 2.99. The molecule has 2 aromatic carbocycles. The summed E-state index contributed by atoms with van der Waals surface area (Å²) in [5.74, 6) is 0.245. The molecule has 1 aromatic heterocycles. The first-order valence-corrected chi connectivity index (χ1v) is 7.47. The number of alkyl halides is 3. The maximum Gasteiger partial charge on any atom is 0.416 e. The van der Waals surface area contributed by atoms with Crippen LogP contribution in [-0.2, 0) is 6.18 Å². The minimum Gasteiger partial charge on any atom is -0.435 e. The lowest BCUT2D eigenvalue weighted by atomic mass is 10.1. The molecule has 122 valence electrons. The van der Waals surface area contributed by atoms with Gasteiger partial charge in [0.2, 0.25) is 5.89 Å². The van der Waals surface area contributed by atoms with Gasteiger partial charge in [-0.1, -0.05) is 31.5 Å². The number of aromatic nitrogens is 1. The normalized spacial score (nSPS) is 11.3. The highest BCUT2D eigenvalue weighted by Crippen LogP contribution is 2.33. The molecule has 0 unspecified atom stereocenters. The van der Waals surface area contributed by atoms with Crippen molar-refractivity contribution in [2.45, 2.75) is 26.9 Å². The Bertz CT molecular complexity index is 768. The van der Waals surface area contributed by atoms with E-state index in [4.69, 9.17) is 16.0 Å². The quantitative estimate of drug-likeness (QED) is 0.504. The smallest absolute Gasteiger partial charge is 0.416 e. The Morgan fingerprint density at radius 3 is 2.13 bits per heavy atom. The second-order valence-corrected chi connectivity index (χ2v) is 5.04. The maximum atomic E-state index is 12.5. The molecule has 0 atom stereocenters. The zero-order valence-corrected chi connectivity index (χ0v) is 13.6. The summed E-state index contributed by atoms with van der Waals surface area (Å²) in [4.78, 5) is 4.30. The number of nitrogens with zero attached hydrogens (tertiary/aromatic N) is 1. The van der Waals surface area contributed by atoms with Gasteiger partial charge in [-0.05, 0) is 42.8 Å². The molecule has 0 bridgehead atoms. The molecule has 3 rings (SSSR count). The number of aryl methyl sites for hydroxylation is 1. The van der Waals surface area contributed by atoms with Crippen molar-refractivity contribution in [1.82, 2.24) is 4.98 Å². The van der Waals surface area contributed by atoms with Crippen LogP contribution >= 0.6 is 11.6 Å². The first-order chi connectivity index (χ1) is 10.9. The van der Waals surface area contributed by atoms with Crippen molar-refractivity contribution in [2.75, 3.05) is 0 Å². The third-order valence-electron chi connectivity index (χ3n) is 3.16. The van der Waals surface area contributed by atoms with E-state index in [2.05, 4.69) is 4.98 Å². The van der Waals surface area contributed by atoms with Crippen molar-refractivity contribution in [3.05, 3.63) is 52.5 Å². The van der Waals surface area contributed by atoms with E-state index in [-0.39, 0.29) is 5.89 Å². The molecule has 2 nitrogen and oxygen atoms in total. The van der Waals surface area contributed by atoms with Crippen LogP contribution in [0, 0.1) is 6.92 Å². The Kier molecular flexibility index (Phi) is 5.00. The van der Waals surface area contributed by atoms with Gasteiger partial charge in [0.15, 0.2) is 5.58 Å². The lowest BCUT2D eigenvalue weighted by molar-refractivity contribution is -0.137. The minimum absolute atomic E-state index is 0.245. The maximum absolute atomic E-state index is 12.5. The Morgan fingerprint density at radius 1 is 1.00 bits per heavy atom. The molecule has 0 N–H and O–H groups in total. The molecule has 0 aliphatic heterocycles. The number of rotatable bonds is 1. The fraction of sp³-hybridized carbons (Fsp3) is 0.235. The van der Waals surface area contributed by atoms with E-state index in [0.29, 0.717) is 21.7 Å². The van der Waals surface area contributed by atoms with Crippen LogP contribution in [0.3, 0.4) is 0 Å². The topological polar surface area (TPSA) is 26.0 Å². The summed E-state index contributed by atoms with van der Waals surface area (Å²) in [6.45, 7) is 5.86. The minimum atomic E-state index is -4.36. The molecular formula is C17H15ClF3NO. The lowest BCUT2D eigenvalue weighted by Crippen LogP contribution is -2.03. The monoisotopic (exact) mass is 341 g/mol. The lowest BCUT2D eigenvalue weighted by Gasteiger charge is -2.05. The Labute approximate surface area is 136 Å². The molecule has 6 heteroatoms. The van der Waals surface area contributed by atoms with Gasteiger partial charge in [-0.3, -0.25) is 0 Å². The largest absolute Gasteiger partial charge is 0.435 e. The van der Waals surface area contributed by atoms with Crippen LogP contribution in [0.2, 0.25) is 5.02 Å². The zero-order chi connectivity index (χ0) is 17.2. The third-order valence-corrected chi connectivity index (χ3v) is 3.45. The third kappa shape index (κ3) is 3.50. The molecule has 0 radical (unpaired) electrons. The van der Waals surface area contributed by atoms with E-state index in [0.717, 1.165) is 17.7 Å². The highest BCUT2D eigenvalue weighted by atomic mass is 35.5. The summed E-state index contributed by atoms with van der Waals surface area (Å²) in [7, 11) is 0. The SMILES string of the molecule is CC.Cc1ccc(Cl)c2oc(-c3ccc(C(F)(F)F)cc3)nc12.